The standard InChI is InChI=1S/C19H22N4O2S2/c1-11-16(14-7-3-4-8-15(14)21-11)17(24)12(2)26-19-23-22-18(27-19)20-10-13-6-5-9-25-13/h3-4,7-8,12-13,21H,5-6,9-10H2,1-2H3,(H,20,22). The third-order valence-corrected chi connectivity index (χ3v) is 6.76. The minimum Gasteiger partial charge on any atom is -0.376 e. The Balaban J connectivity index is 1.41. The SMILES string of the molecule is Cc1[nH]c2ccccc2c1C(=O)C(C)Sc1nnc(NCC2CCCO2)s1. The van der Waals surface area contributed by atoms with Gasteiger partial charge in [0.2, 0.25) is 5.13 Å². The highest BCUT2D eigenvalue weighted by atomic mass is 32.2. The molecule has 3 aromatic rings. The number of rotatable bonds is 7. The van der Waals surface area contributed by atoms with Crippen molar-refractivity contribution in [1.82, 2.24) is 15.2 Å². The zero-order valence-electron chi connectivity index (χ0n) is 15.3. The van der Waals surface area contributed by atoms with E-state index in [9.17, 15) is 4.79 Å². The summed E-state index contributed by atoms with van der Waals surface area (Å²) in [6.45, 7) is 5.47. The van der Waals surface area contributed by atoms with Crippen molar-refractivity contribution >= 4 is 44.9 Å². The molecule has 0 bridgehead atoms. The molecule has 2 aromatic heterocycles. The van der Waals surface area contributed by atoms with Crippen LogP contribution in [0.4, 0.5) is 5.13 Å². The second kappa shape index (κ2) is 8.00. The molecular formula is C19H22N4O2S2. The van der Waals surface area contributed by atoms with Gasteiger partial charge in [-0.3, -0.25) is 4.79 Å². The number of ether oxygens (including phenoxy) is 1. The van der Waals surface area contributed by atoms with E-state index in [1.165, 1.54) is 23.1 Å². The second-order valence-electron chi connectivity index (χ2n) is 6.68. The monoisotopic (exact) mass is 402 g/mol. The van der Waals surface area contributed by atoms with E-state index in [-0.39, 0.29) is 17.1 Å². The average molecular weight is 403 g/mol. The Kier molecular flexibility index (Phi) is 5.47. The molecular weight excluding hydrogens is 380 g/mol. The predicted octanol–water partition coefficient (Wildman–Crippen LogP) is 4.28. The summed E-state index contributed by atoms with van der Waals surface area (Å²) < 4.78 is 6.40. The highest BCUT2D eigenvalue weighted by molar-refractivity contribution is 8.02. The first-order valence-corrected chi connectivity index (χ1v) is 10.8. The van der Waals surface area contributed by atoms with Crippen molar-refractivity contribution in [2.24, 2.45) is 0 Å². The zero-order chi connectivity index (χ0) is 18.8. The van der Waals surface area contributed by atoms with Crippen LogP contribution in [0.1, 0.15) is 35.8 Å². The lowest BCUT2D eigenvalue weighted by atomic mass is 10.1. The normalized spacial score (nSPS) is 18.1. The molecule has 4 rings (SSSR count). The Morgan fingerprint density at radius 3 is 3.11 bits per heavy atom. The molecule has 1 aromatic carbocycles. The van der Waals surface area contributed by atoms with Gasteiger partial charge in [0.15, 0.2) is 10.1 Å². The van der Waals surface area contributed by atoms with Crippen LogP contribution < -0.4 is 5.32 Å². The van der Waals surface area contributed by atoms with E-state index in [2.05, 4.69) is 20.5 Å². The van der Waals surface area contributed by atoms with Crippen LogP contribution in [0.25, 0.3) is 10.9 Å². The lowest BCUT2D eigenvalue weighted by Crippen LogP contribution is -2.18. The number of benzene rings is 1. The summed E-state index contributed by atoms with van der Waals surface area (Å²) in [5, 5.41) is 13.2. The first-order chi connectivity index (χ1) is 13.1. The molecule has 1 saturated heterocycles. The van der Waals surface area contributed by atoms with E-state index in [1.807, 2.05) is 38.1 Å². The molecule has 1 fully saturated rings. The maximum Gasteiger partial charge on any atom is 0.206 e. The number of Topliss-reactive ketones (excluding diaryl/α,β-unsaturated/α-hetero) is 1. The largest absolute Gasteiger partial charge is 0.376 e. The number of thioether (sulfide) groups is 1. The fraction of sp³-hybridized carbons (Fsp3) is 0.421. The number of carbonyl (C=O) groups excluding carboxylic acids is 1. The van der Waals surface area contributed by atoms with Crippen LogP contribution in [0.3, 0.4) is 0 Å². The van der Waals surface area contributed by atoms with E-state index >= 15 is 0 Å². The molecule has 2 N–H and O–H groups in total. The topological polar surface area (TPSA) is 79.9 Å². The maximum atomic E-state index is 13.0. The van der Waals surface area contributed by atoms with Gasteiger partial charge in [0, 0.05) is 35.3 Å². The summed E-state index contributed by atoms with van der Waals surface area (Å²) in [4.78, 5) is 16.3. The Morgan fingerprint density at radius 2 is 2.30 bits per heavy atom. The van der Waals surface area contributed by atoms with E-state index in [0.29, 0.717) is 0 Å². The third-order valence-electron chi connectivity index (χ3n) is 4.70. The number of aromatic amines is 1. The average Bonchev–Trinajstić information content (AvgIpc) is 3.38. The molecule has 2 atom stereocenters. The van der Waals surface area contributed by atoms with Crippen LogP contribution in [0.5, 0.6) is 0 Å². The summed E-state index contributed by atoms with van der Waals surface area (Å²) in [5.74, 6) is 0.110. The first-order valence-electron chi connectivity index (χ1n) is 9.09. The molecule has 0 radical (unpaired) electrons. The van der Waals surface area contributed by atoms with Crippen LogP contribution >= 0.6 is 23.1 Å². The van der Waals surface area contributed by atoms with Crippen LogP contribution in [0, 0.1) is 6.92 Å². The molecule has 6 nitrogen and oxygen atoms in total. The van der Waals surface area contributed by atoms with Gasteiger partial charge in [-0.2, -0.15) is 0 Å². The van der Waals surface area contributed by atoms with Crippen molar-refractivity contribution < 1.29 is 9.53 Å². The summed E-state index contributed by atoms with van der Waals surface area (Å²) in [7, 11) is 0. The lowest BCUT2D eigenvalue weighted by Gasteiger charge is -2.09. The number of nitrogens with zero attached hydrogens (tertiary/aromatic N) is 2. The van der Waals surface area contributed by atoms with Gasteiger partial charge in [0.25, 0.3) is 0 Å². The molecule has 0 amide bonds. The van der Waals surface area contributed by atoms with E-state index in [4.69, 9.17) is 4.74 Å². The van der Waals surface area contributed by atoms with E-state index in [0.717, 1.165) is 57.6 Å². The summed E-state index contributed by atoms with van der Waals surface area (Å²) in [5.41, 5.74) is 2.67. The van der Waals surface area contributed by atoms with Crippen LogP contribution in [-0.4, -0.2) is 45.5 Å². The molecule has 0 saturated carbocycles. The van der Waals surface area contributed by atoms with Crippen LogP contribution in [-0.2, 0) is 4.74 Å². The van der Waals surface area contributed by atoms with Gasteiger partial charge < -0.3 is 15.0 Å². The predicted molar refractivity (Wildman–Crippen MR) is 110 cm³/mol. The smallest absolute Gasteiger partial charge is 0.206 e. The molecule has 142 valence electrons. The fourth-order valence-electron chi connectivity index (χ4n) is 3.34. The minimum absolute atomic E-state index is 0.110. The van der Waals surface area contributed by atoms with E-state index < -0.39 is 0 Å². The van der Waals surface area contributed by atoms with Crippen molar-refractivity contribution in [3.05, 3.63) is 35.5 Å². The van der Waals surface area contributed by atoms with E-state index in [1.54, 1.807) is 0 Å². The number of hydrogen-bond donors (Lipinski definition) is 2. The molecule has 1 aliphatic rings. The molecule has 0 spiro atoms. The van der Waals surface area contributed by atoms with Gasteiger partial charge in [0.1, 0.15) is 0 Å². The van der Waals surface area contributed by atoms with Crippen LogP contribution in [0.2, 0.25) is 0 Å². The molecule has 8 heteroatoms. The summed E-state index contributed by atoms with van der Waals surface area (Å²) >= 11 is 2.94. The van der Waals surface area contributed by atoms with Crippen molar-refractivity contribution in [1.29, 1.82) is 0 Å². The highest BCUT2D eigenvalue weighted by Gasteiger charge is 2.24. The Bertz CT molecular complexity index is 946. The molecule has 3 heterocycles. The van der Waals surface area contributed by atoms with Crippen LogP contribution in [0.15, 0.2) is 28.6 Å². The number of para-hydroxylation sites is 1. The van der Waals surface area contributed by atoms with Gasteiger partial charge in [-0.05, 0) is 32.8 Å². The Hall–Kier alpha value is -1.90. The number of carbonyl (C=O) groups is 1. The second-order valence-corrected chi connectivity index (χ2v) is 9.25. The van der Waals surface area contributed by atoms with Crippen molar-refractivity contribution in [3.63, 3.8) is 0 Å². The number of aryl methyl sites for hydroxylation is 1. The van der Waals surface area contributed by atoms with Gasteiger partial charge in [-0.25, -0.2) is 0 Å². The summed E-state index contributed by atoms with van der Waals surface area (Å²) in [6.07, 6.45) is 2.47. The first kappa shape index (κ1) is 18.5. The molecule has 1 aliphatic heterocycles. The highest BCUT2D eigenvalue weighted by Crippen LogP contribution is 2.32. The Labute approximate surface area is 166 Å². The molecule has 0 aliphatic carbocycles. The third kappa shape index (κ3) is 4.02. The van der Waals surface area contributed by atoms with Crippen molar-refractivity contribution in [2.45, 2.75) is 42.4 Å². The number of hydrogen-bond acceptors (Lipinski definition) is 7. The van der Waals surface area contributed by atoms with Gasteiger partial charge >= 0.3 is 0 Å². The number of nitrogens with one attached hydrogen (secondary N) is 2. The quantitative estimate of drug-likeness (QED) is 0.453. The number of aromatic nitrogens is 3. The van der Waals surface area contributed by atoms with Crippen molar-refractivity contribution in [2.75, 3.05) is 18.5 Å². The minimum atomic E-state index is -0.234. The molecule has 27 heavy (non-hydrogen) atoms. The zero-order valence-corrected chi connectivity index (χ0v) is 17.0. The van der Waals surface area contributed by atoms with Gasteiger partial charge in [-0.1, -0.05) is 41.3 Å². The van der Waals surface area contributed by atoms with Gasteiger partial charge in [0.05, 0.1) is 11.4 Å². The van der Waals surface area contributed by atoms with Gasteiger partial charge in [-0.15, -0.1) is 10.2 Å². The van der Waals surface area contributed by atoms with Crippen molar-refractivity contribution in [3.8, 4) is 0 Å². The lowest BCUT2D eigenvalue weighted by molar-refractivity contribution is 0.0995. The number of ketones is 1. The number of fused-ring (bicyclic) bond motifs is 1. The summed E-state index contributed by atoms with van der Waals surface area (Å²) in [6, 6.07) is 7.91. The number of H-pyrrole nitrogens is 1. The maximum absolute atomic E-state index is 13.0. The fourth-order valence-corrected chi connectivity index (χ4v) is 5.30. The molecule has 2 unspecified atom stereocenters. The Morgan fingerprint density at radius 1 is 1.44 bits per heavy atom. The number of anilines is 1.